The molecule has 2 rings (SSSR count). The van der Waals surface area contributed by atoms with E-state index in [1.807, 2.05) is 0 Å². The van der Waals surface area contributed by atoms with E-state index in [1.54, 1.807) is 0 Å². The standard InChI is InChI=1S/C9H10N6O4/c1-17-4-3-5(18-2)12-9(11-4)13-8(16)6-7(10)15-19-14-6/h3H,1-2H3,(H2,10,15)(H,11,12,13,16). The van der Waals surface area contributed by atoms with Crippen molar-refractivity contribution < 1.29 is 18.9 Å². The third-order valence-corrected chi connectivity index (χ3v) is 2.05. The molecule has 0 saturated carbocycles. The molecular formula is C9H10N6O4. The number of rotatable bonds is 4. The normalized spacial score (nSPS) is 10.0. The fourth-order valence-electron chi connectivity index (χ4n) is 1.18. The number of hydrogen-bond acceptors (Lipinski definition) is 9. The molecule has 2 aromatic rings. The lowest BCUT2D eigenvalue weighted by Gasteiger charge is -2.06. The molecule has 19 heavy (non-hydrogen) atoms. The van der Waals surface area contributed by atoms with Gasteiger partial charge in [-0.15, -0.1) is 0 Å². The molecule has 0 fully saturated rings. The van der Waals surface area contributed by atoms with Crippen molar-refractivity contribution in [2.75, 3.05) is 25.3 Å². The van der Waals surface area contributed by atoms with E-state index in [2.05, 4.69) is 30.2 Å². The van der Waals surface area contributed by atoms with Gasteiger partial charge in [0.1, 0.15) is 0 Å². The summed E-state index contributed by atoms with van der Waals surface area (Å²) >= 11 is 0. The first-order chi connectivity index (χ1) is 9.13. The lowest BCUT2D eigenvalue weighted by molar-refractivity contribution is 0.101. The summed E-state index contributed by atoms with van der Waals surface area (Å²) in [5, 5.41) is 9.01. The Hall–Kier alpha value is -2.91. The maximum Gasteiger partial charge on any atom is 0.284 e. The Bertz CT molecular complexity index is 576. The fraction of sp³-hybridized carbons (Fsp3) is 0.222. The Morgan fingerprint density at radius 2 is 1.89 bits per heavy atom. The van der Waals surface area contributed by atoms with Crippen molar-refractivity contribution in [3.8, 4) is 11.8 Å². The van der Waals surface area contributed by atoms with Gasteiger partial charge in [-0.25, -0.2) is 4.63 Å². The highest BCUT2D eigenvalue weighted by molar-refractivity contribution is 6.04. The average molecular weight is 266 g/mol. The zero-order valence-corrected chi connectivity index (χ0v) is 10.1. The van der Waals surface area contributed by atoms with Crippen LogP contribution in [0.2, 0.25) is 0 Å². The summed E-state index contributed by atoms with van der Waals surface area (Å²) in [6.07, 6.45) is 0. The van der Waals surface area contributed by atoms with Gasteiger partial charge in [-0.1, -0.05) is 0 Å². The Morgan fingerprint density at radius 1 is 1.26 bits per heavy atom. The molecule has 0 aromatic carbocycles. The number of carbonyl (C=O) groups excluding carboxylic acids is 1. The van der Waals surface area contributed by atoms with E-state index >= 15 is 0 Å². The SMILES string of the molecule is COc1cc(OC)nc(NC(=O)c2nonc2N)n1. The number of methoxy groups -OCH3 is 2. The van der Waals surface area contributed by atoms with Gasteiger partial charge >= 0.3 is 0 Å². The van der Waals surface area contributed by atoms with Gasteiger partial charge in [-0.3, -0.25) is 10.1 Å². The van der Waals surface area contributed by atoms with Gasteiger partial charge in [-0.05, 0) is 10.3 Å². The lowest BCUT2D eigenvalue weighted by atomic mass is 10.4. The third kappa shape index (κ3) is 2.68. The molecule has 2 aromatic heterocycles. The number of nitrogens with zero attached hydrogens (tertiary/aromatic N) is 4. The van der Waals surface area contributed by atoms with Crippen LogP contribution < -0.4 is 20.5 Å². The van der Waals surface area contributed by atoms with E-state index in [1.165, 1.54) is 20.3 Å². The molecule has 0 radical (unpaired) electrons. The molecule has 3 N–H and O–H groups in total. The van der Waals surface area contributed by atoms with Crippen molar-refractivity contribution >= 4 is 17.7 Å². The smallest absolute Gasteiger partial charge is 0.284 e. The molecule has 10 heteroatoms. The largest absolute Gasteiger partial charge is 0.481 e. The van der Waals surface area contributed by atoms with Gasteiger partial charge in [0.2, 0.25) is 29.2 Å². The minimum absolute atomic E-state index is 0.0244. The highest BCUT2D eigenvalue weighted by Crippen LogP contribution is 2.18. The maximum absolute atomic E-state index is 11.8. The van der Waals surface area contributed by atoms with Crippen LogP contribution in [0.25, 0.3) is 0 Å². The van der Waals surface area contributed by atoms with E-state index in [-0.39, 0.29) is 29.2 Å². The molecule has 0 spiro atoms. The molecule has 0 saturated heterocycles. The fourth-order valence-corrected chi connectivity index (χ4v) is 1.18. The monoisotopic (exact) mass is 266 g/mol. The number of nitrogen functional groups attached to an aromatic ring is 1. The summed E-state index contributed by atoms with van der Waals surface area (Å²) in [6, 6.07) is 1.46. The van der Waals surface area contributed by atoms with Crippen LogP contribution >= 0.6 is 0 Å². The van der Waals surface area contributed by atoms with Crippen LogP contribution in [-0.2, 0) is 0 Å². The minimum Gasteiger partial charge on any atom is -0.481 e. The second kappa shape index (κ2) is 5.16. The first-order valence-corrected chi connectivity index (χ1v) is 5.00. The average Bonchev–Trinajstić information content (AvgIpc) is 2.84. The van der Waals surface area contributed by atoms with Crippen molar-refractivity contribution in [1.82, 2.24) is 20.3 Å². The molecule has 10 nitrogen and oxygen atoms in total. The van der Waals surface area contributed by atoms with E-state index in [0.717, 1.165) is 0 Å². The van der Waals surface area contributed by atoms with E-state index in [4.69, 9.17) is 15.2 Å². The van der Waals surface area contributed by atoms with E-state index in [9.17, 15) is 4.79 Å². The van der Waals surface area contributed by atoms with Crippen LogP contribution in [0.1, 0.15) is 10.5 Å². The Morgan fingerprint density at radius 3 is 2.37 bits per heavy atom. The number of anilines is 2. The summed E-state index contributed by atoms with van der Waals surface area (Å²) < 4.78 is 14.2. The summed E-state index contributed by atoms with van der Waals surface area (Å²) in [7, 11) is 2.85. The second-order valence-electron chi connectivity index (χ2n) is 3.23. The first-order valence-electron chi connectivity index (χ1n) is 5.00. The van der Waals surface area contributed by atoms with E-state index < -0.39 is 5.91 Å². The van der Waals surface area contributed by atoms with Crippen LogP contribution in [0.5, 0.6) is 11.8 Å². The molecular weight excluding hydrogens is 256 g/mol. The lowest BCUT2D eigenvalue weighted by Crippen LogP contribution is -2.16. The molecule has 0 aliphatic carbocycles. The Kier molecular flexibility index (Phi) is 3.41. The van der Waals surface area contributed by atoms with Crippen LogP contribution in [-0.4, -0.2) is 40.4 Å². The third-order valence-electron chi connectivity index (χ3n) is 2.05. The topological polar surface area (TPSA) is 138 Å². The first kappa shape index (κ1) is 12.5. The molecule has 0 bridgehead atoms. The van der Waals surface area contributed by atoms with Crippen molar-refractivity contribution in [3.05, 3.63) is 11.8 Å². The van der Waals surface area contributed by atoms with Gasteiger partial charge in [0.15, 0.2) is 0 Å². The predicted octanol–water partition coefficient (Wildman–Crippen LogP) is -0.289. The molecule has 100 valence electrons. The Labute approximate surface area is 106 Å². The van der Waals surface area contributed by atoms with Gasteiger partial charge in [-0.2, -0.15) is 9.97 Å². The zero-order valence-electron chi connectivity index (χ0n) is 10.1. The maximum atomic E-state index is 11.8. The molecule has 0 aliphatic rings. The minimum atomic E-state index is -0.658. The number of hydrogen-bond donors (Lipinski definition) is 2. The summed E-state index contributed by atoms with van der Waals surface area (Å²) in [4.78, 5) is 19.6. The van der Waals surface area contributed by atoms with Gasteiger partial charge in [0, 0.05) is 0 Å². The number of nitrogens with one attached hydrogen (secondary N) is 1. The summed E-state index contributed by atoms with van der Waals surface area (Å²) in [6.45, 7) is 0. The van der Waals surface area contributed by atoms with Gasteiger partial charge in [0.25, 0.3) is 5.91 Å². The number of aromatic nitrogens is 4. The van der Waals surface area contributed by atoms with Crippen LogP contribution in [0.15, 0.2) is 10.7 Å². The highest BCUT2D eigenvalue weighted by atomic mass is 16.6. The summed E-state index contributed by atoms with van der Waals surface area (Å²) in [5.74, 6) is -0.355. The van der Waals surface area contributed by atoms with Gasteiger partial charge < -0.3 is 15.2 Å². The number of nitrogens with two attached hydrogens (primary N) is 1. The van der Waals surface area contributed by atoms with Gasteiger partial charge in [0.05, 0.1) is 20.3 Å². The van der Waals surface area contributed by atoms with Crippen LogP contribution in [0, 0.1) is 0 Å². The number of carbonyl (C=O) groups is 1. The predicted molar refractivity (Wildman–Crippen MR) is 61.8 cm³/mol. The molecule has 2 heterocycles. The Balaban J connectivity index is 2.23. The molecule has 0 unspecified atom stereocenters. The van der Waals surface area contributed by atoms with Crippen molar-refractivity contribution in [1.29, 1.82) is 0 Å². The molecule has 0 atom stereocenters. The second-order valence-corrected chi connectivity index (χ2v) is 3.23. The quantitative estimate of drug-likeness (QED) is 0.764. The highest BCUT2D eigenvalue weighted by Gasteiger charge is 2.18. The molecule has 1 amide bonds. The van der Waals surface area contributed by atoms with Crippen LogP contribution in [0.3, 0.4) is 0 Å². The number of amides is 1. The summed E-state index contributed by atoms with van der Waals surface area (Å²) in [5.41, 5.74) is 5.23. The number of ether oxygens (including phenoxy) is 2. The van der Waals surface area contributed by atoms with Crippen LogP contribution in [0.4, 0.5) is 11.8 Å². The van der Waals surface area contributed by atoms with E-state index in [0.29, 0.717) is 0 Å². The van der Waals surface area contributed by atoms with Crippen molar-refractivity contribution in [2.45, 2.75) is 0 Å². The van der Waals surface area contributed by atoms with Crippen molar-refractivity contribution in [3.63, 3.8) is 0 Å². The van der Waals surface area contributed by atoms with Crippen molar-refractivity contribution in [2.24, 2.45) is 0 Å². The molecule has 0 aliphatic heterocycles. The zero-order chi connectivity index (χ0) is 13.8.